The second-order valence-electron chi connectivity index (χ2n) is 4.28. The number of carbonyl (C=O) groups excluding carboxylic acids is 1. The predicted molar refractivity (Wildman–Crippen MR) is 72.7 cm³/mol. The number of carbonyl (C=O) groups is 1. The van der Waals surface area contributed by atoms with Crippen LogP contribution < -0.4 is 15.4 Å². The molecule has 1 aromatic carbocycles. The van der Waals surface area contributed by atoms with Crippen LogP contribution in [-0.2, 0) is 4.79 Å². The van der Waals surface area contributed by atoms with Crippen molar-refractivity contribution in [3.8, 4) is 5.75 Å². The molecule has 0 heterocycles. The number of nitrogens with one attached hydrogen (secondary N) is 2. The molecule has 0 radical (unpaired) electrons. The summed E-state index contributed by atoms with van der Waals surface area (Å²) in [6.07, 6.45) is 0.399. The maximum Gasteiger partial charge on any atom is 0.221 e. The third kappa shape index (κ3) is 4.87. The topological polar surface area (TPSA) is 50.4 Å². The van der Waals surface area contributed by atoms with E-state index in [-0.39, 0.29) is 17.8 Å². The largest absolute Gasteiger partial charge is 0.496 e. The Kier molecular flexibility index (Phi) is 6.29. The first kappa shape index (κ1) is 15.4. The predicted octanol–water partition coefficient (Wildman–Crippen LogP) is 2.01. The summed E-state index contributed by atoms with van der Waals surface area (Å²) >= 11 is 0. The van der Waals surface area contributed by atoms with Gasteiger partial charge in [-0.2, -0.15) is 0 Å². The minimum absolute atomic E-state index is 0.0697. The van der Waals surface area contributed by atoms with Crippen molar-refractivity contribution >= 4 is 5.91 Å². The Balaban J connectivity index is 2.64. The van der Waals surface area contributed by atoms with Crippen LogP contribution in [0, 0.1) is 5.82 Å². The monoisotopic (exact) mass is 268 g/mol. The summed E-state index contributed by atoms with van der Waals surface area (Å²) in [6, 6.07) is 3.99. The van der Waals surface area contributed by atoms with E-state index in [1.54, 1.807) is 6.07 Å². The van der Waals surface area contributed by atoms with Gasteiger partial charge in [0.25, 0.3) is 0 Å². The highest BCUT2D eigenvalue weighted by Crippen LogP contribution is 2.25. The molecule has 5 heteroatoms. The van der Waals surface area contributed by atoms with Crippen molar-refractivity contribution in [3.63, 3.8) is 0 Å². The number of hydrogen-bond acceptors (Lipinski definition) is 3. The van der Waals surface area contributed by atoms with Crippen molar-refractivity contribution < 1.29 is 13.9 Å². The van der Waals surface area contributed by atoms with E-state index in [9.17, 15) is 9.18 Å². The number of benzene rings is 1. The Morgan fingerprint density at radius 2 is 2.21 bits per heavy atom. The highest BCUT2D eigenvalue weighted by molar-refractivity contribution is 5.76. The van der Waals surface area contributed by atoms with Gasteiger partial charge in [-0.25, -0.2) is 4.39 Å². The third-order valence-electron chi connectivity index (χ3n) is 2.81. The molecule has 1 atom stereocenters. The number of halogens is 1. The fourth-order valence-electron chi connectivity index (χ4n) is 1.81. The number of methoxy groups -OCH3 is 1. The molecule has 1 amide bonds. The molecule has 19 heavy (non-hydrogen) atoms. The van der Waals surface area contributed by atoms with Crippen molar-refractivity contribution in [3.05, 3.63) is 29.6 Å². The molecule has 4 nitrogen and oxygen atoms in total. The molecule has 0 saturated carbocycles. The van der Waals surface area contributed by atoms with Gasteiger partial charge < -0.3 is 15.4 Å². The number of hydrogen-bond donors (Lipinski definition) is 2. The summed E-state index contributed by atoms with van der Waals surface area (Å²) in [5, 5.41) is 5.91. The van der Waals surface area contributed by atoms with Gasteiger partial charge in [-0.3, -0.25) is 4.79 Å². The summed E-state index contributed by atoms with van der Waals surface area (Å²) in [7, 11) is 1.52. The highest BCUT2D eigenvalue weighted by atomic mass is 19.1. The van der Waals surface area contributed by atoms with Gasteiger partial charge in [-0.15, -0.1) is 0 Å². The summed E-state index contributed by atoms with van der Waals surface area (Å²) in [5.41, 5.74) is 0.638. The van der Waals surface area contributed by atoms with Crippen molar-refractivity contribution in [1.29, 1.82) is 0 Å². The average molecular weight is 268 g/mol. The summed E-state index contributed by atoms with van der Waals surface area (Å²) in [4.78, 5) is 11.7. The molecule has 0 aromatic heterocycles. The first-order valence-electron chi connectivity index (χ1n) is 6.42. The van der Waals surface area contributed by atoms with Gasteiger partial charge >= 0.3 is 0 Å². The fraction of sp³-hybridized carbons (Fsp3) is 0.500. The highest BCUT2D eigenvalue weighted by Gasteiger charge is 2.14. The lowest BCUT2D eigenvalue weighted by Crippen LogP contribution is -2.30. The quantitative estimate of drug-likeness (QED) is 0.744. The molecule has 1 unspecified atom stereocenters. The van der Waals surface area contributed by atoms with Crippen LogP contribution in [0.25, 0.3) is 0 Å². The van der Waals surface area contributed by atoms with E-state index in [2.05, 4.69) is 10.6 Å². The van der Waals surface area contributed by atoms with Crippen molar-refractivity contribution in [2.75, 3.05) is 20.2 Å². The van der Waals surface area contributed by atoms with Gasteiger partial charge in [0.1, 0.15) is 11.6 Å². The molecular formula is C14H21FN2O2. The van der Waals surface area contributed by atoms with Crippen LogP contribution in [-0.4, -0.2) is 26.1 Å². The van der Waals surface area contributed by atoms with Gasteiger partial charge in [0.05, 0.1) is 13.2 Å². The lowest BCUT2D eigenvalue weighted by atomic mass is 10.1. The van der Waals surface area contributed by atoms with Gasteiger partial charge in [-0.05, 0) is 31.7 Å². The third-order valence-corrected chi connectivity index (χ3v) is 2.81. The summed E-state index contributed by atoms with van der Waals surface area (Å²) in [6.45, 7) is 5.26. The zero-order valence-electron chi connectivity index (χ0n) is 11.6. The Hall–Kier alpha value is -1.62. The van der Waals surface area contributed by atoms with E-state index < -0.39 is 0 Å². The van der Waals surface area contributed by atoms with E-state index in [1.807, 2.05) is 13.8 Å². The molecule has 0 aliphatic rings. The molecule has 1 rings (SSSR count). The normalized spacial score (nSPS) is 12.0. The molecule has 0 bridgehead atoms. The summed E-state index contributed by atoms with van der Waals surface area (Å²) < 4.78 is 18.4. The second kappa shape index (κ2) is 7.74. The van der Waals surface area contributed by atoms with E-state index in [0.717, 1.165) is 6.54 Å². The molecule has 0 aliphatic heterocycles. The number of amides is 1. The molecule has 2 N–H and O–H groups in total. The van der Waals surface area contributed by atoms with Crippen LogP contribution in [0.1, 0.15) is 31.9 Å². The zero-order valence-corrected chi connectivity index (χ0v) is 11.6. The number of ether oxygens (including phenoxy) is 1. The zero-order chi connectivity index (χ0) is 14.3. The van der Waals surface area contributed by atoms with Crippen molar-refractivity contribution in [2.45, 2.75) is 26.3 Å². The van der Waals surface area contributed by atoms with E-state index in [4.69, 9.17) is 4.74 Å². The maximum atomic E-state index is 13.3. The first-order chi connectivity index (χ1) is 9.08. The Morgan fingerprint density at radius 3 is 2.84 bits per heavy atom. The smallest absolute Gasteiger partial charge is 0.221 e. The van der Waals surface area contributed by atoms with E-state index >= 15 is 0 Å². The lowest BCUT2D eigenvalue weighted by molar-refractivity contribution is -0.121. The van der Waals surface area contributed by atoms with Gasteiger partial charge in [-0.1, -0.05) is 6.92 Å². The molecule has 106 valence electrons. The standard InChI is InChI=1S/C14H21FN2O2/c1-4-16-8-7-14(18)17-10(2)12-9-11(15)5-6-13(12)19-3/h5-6,9-10,16H,4,7-8H2,1-3H3,(H,17,18). The Bertz CT molecular complexity index is 424. The van der Waals surface area contributed by atoms with Crippen molar-refractivity contribution in [1.82, 2.24) is 10.6 Å². The molecular weight excluding hydrogens is 247 g/mol. The van der Waals surface area contributed by atoms with Crippen LogP contribution >= 0.6 is 0 Å². The Labute approximate surface area is 113 Å². The lowest BCUT2D eigenvalue weighted by Gasteiger charge is -2.17. The molecule has 1 aromatic rings. The molecule has 0 saturated heterocycles. The van der Waals surface area contributed by atoms with Gasteiger partial charge in [0, 0.05) is 18.5 Å². The number of rotatable bonds is 7. The fourth-order valence-corrected chi connectivity index (χ4v) is 1.81. The molecule has 0 aliphatic carbocycles. The minimum Gasteiger partial charge on any atom is -0.496 e. The van der Waals surface area contributed by atoms with Crippen LogP contribution in [0.3, 0.4) is 0 Å². The van der Waals surface area contributed by atoms with E-state index in [1.165, 1.54) is 19.2 Å². The maximum absolute atomic E-state index is 13.3. The van der Waals surface area contributed by atoms with Crippen molar-refractivity contribution in [2.24, 2.45) is 0 Å². The molecule has 0 fully saturated rings. The van der Waals surface area contributed by atoms with Gasteiger partial charge in [0.2, 0.25) is 5.91 Å². The first-order valence-corrected chi connectivity index (χ1v) is 6.42. The van der Waals surface area contributed by atoms with Gasteiger partial charge in [0.15, 0.2) is 0 Å². The Morgan fingerprint density at radius 1 is 1.47 bits per heavy atom. The van der Waals surface area contributed by atoms with E-state index in [0.29, 0.717) is 24.3 Å². The molecule has 0 spiro atoms. The van der Waals surface area contributed by atoms with Crippen LogP contribution in [0.2, 0.25) is 0 Å². The summed E-state index contributed by atoms with van der Waals surface area (Å²) in [5.74, 6) is 0.158. The minimum atomic E-state index is -0.343. The van der Waals surface area contributed by atoms with Crippen LogP contribution in [0.4, 0.5) is 4.39 Å². The second-order valence-corrected chi connectivity index (χ2v) is 4.28. The van der Waals surface area contributed by atoms with Crippen LogP contribution in [0.15, 0.2) is 18.2 Å². The average Bonchev–Trinajstić information content (AvgIpc) is 2.39. The van der Waals surface area contributed by atoms with Crippen LogP contribution in [0.5, 0.6) is 5.75 Å². The SMILES string of the molecule is CCNCCC(=O)NC(C)c1cc(F)ccc1OC.